The van der Waals surface area contributed by atoms with Crippen molar-refractivity contribution in [1.29, 1.82) is 0 Å². The third-order valence-electron chi connectivity index (χ3n) is 5.63. The van der Waals surface area contributed by atoms with Gasteiger partial charge < -0.3 is 25.2 Å². The largest absolute Gasteiger partial charge is 0.491 e. The summed E-state index contributed by atoms with van der Waals surface area (Å²) in [5.74, 6) is -1.68. The van der Waals surface area contributed by atoms with E-state index in [0.717, 1.165) is 6.07 Å². The van der Waals surface area contributed by atoms with Crippen LogP contribution in [0.4, 0.5) is 4.39 Å². The number of benzene rings is 2. The first-order chi connectivity index (χ1) is 16.4. The zero-order chi connectivity index (χ0) is 24.5. The van der Waals surface area contributed by atoms with Crippen molar-refractivity contribution in [2.24, 2.45) is 5.92 Å². The van der Waals surface area contributed by atoms with Gasteiger partial charge in [-0.15, -0.1) is 0 Å². The molecule has 1 aliphatic rings. The standard InChI is InChI=1S/C25H29FN2O6/c1-2-33-22-12-7-18(15-21(22)26)24(30)28-14-13-27-23(29)16-3-8-19(9-4-16)34-20-10-5-17(6-11-20)25(31)32/h3-4,7-9,12,15,17,20H,2,5-6,10-11,13-14H2,1H3,(H,27,29)(H,28,30)(H,31,32)/t17-,20+. The summed E-state index contributed by atoms with van der Waals surface area (Å²) in [6.45, 7) is 2.45. The van der Waals surface area contributed by atoms with E-state index in [2.05, 4.69) is 10.6 Å². The van der Waals surface area contributed by atoms with Crippen molar-refractivity contribution >= 4 is 17.8 Å². The molecule has 8 nitrogen and oxygen atoms in total. The fourth-order valence-electron chi connectivity index (χ4n) is 3.78. The van der Waals surface area contributed by atoms with E-state index in [1.165, 1.54) is 12.1 Å². The number of carbonyl (C=O) groups is 3. The van der Waals surface area contributed by atoms with Gasteiger partial charge in [-0.2, -0.15) is 0 Å². The van der Waals surface area contributed by atoms with Gasteiger partial charge in [-0.05, 0) is 75.1 Å². The molecule has 9 heteroatoms. The number of hydrogen-bond donors (Lipinski definition) is 3. The molecule has 182 valence electrons. The molecule has 0 bridgehead atoms. The average Bonchev–Trinajstić information content (AvgIpc) is 2.83. The molecule has 0 heterocycles. The highest BCUT2D eigenvalue weighted by Gasteiger charge is 2.26. The second-order valence-electron chi connectivity index (χ2n) is 8.04. The zero-order valence-corrected chi connectivity index (χ0v) is 19.0. The van der Waals surface area contributed by atoms with Crippen molar-refractivity contribution in [3.8, 4) is 11.5 Å². The van der Waals surface area contributed by atoms with Gasteiger partial charge in [0.2, 0.25) is 0 Å². The van der Waals surface area contributed by atoms with Crippen LogP contribution in [0.2, 0.25) is 0 Å². The highest BCUT2D eigenvalue weighted by Crippen LogP contribution is 2.28. The van der Waals surface area contributed by atoms with Crippen LogP contribution in [0.3, 0.4) is 0 Å². The number of ether oxygens (including phenoxy) is 2. The molecule has 0 atom stereocenters. The second-order valence-corrected chi connectivity index (χ2v) is 8.04. The second kappa shape index (κ2) is 12.0. The Bertz CT molecular complexity index is 1000. The first-order valence-electron chi connectivity index (χ1n) is 11.4. The van der Waals surface area contributed by atoms with Crippen LogP contribution in [-0.2, 0) is 4.79 Å². The van der Waals surface area contributed by atoms with Crippen LogP contribution in [0.5, 0.6) is 11.5 Å². The van der Waals surface area contributed by atoms with Crippen LogP contribution < -0.4 is 20.1 Å². The van der Waals surface area contributed by atoms with Gasteiger partial charge in [-0.1, -0.05) is 0 Å². The van der Waals surface area contributed by atoms with Gasteiger partial charge in [0.1, 0.15) is 5.75 Å². The van der Waals surface area contributed by atoms with E-state index in [9.17, 15) is 18.8 Å². The number of carbonyl (C=O) groups excluding carboxylic acids is 2. The normalized spacial score (nSPS) is 17.5. The smallest absolute Gasteiger partial charge is 0.306 e. The predicted molar refractivity (Wildman–Crippen MR) is 123 cm³/mol. The molecule has 2 amide bonds. The lowest BCUT2D eigenvalue weighted by Gasteiger charge is -2.26. The monoisotopic (exact) mass is 472 g/mol. The summed E-state index contributed by atoms with van der Waals surface area (Å²) in [5, 5.41) is 14.4. The number of amides is 2. The number of carboxylic acids is 1. The molecule has 3 rings (SSSR count). The van der Waals surface area contributed by atoms with E-state index < -0.39 is 17.7 Å². The Kier molecular flexibility index (Phi) is 8.84. The van der Waals surface area contributed by atoms with E-state index in [1.54, 1.807) is 31.2 Å². The topological polar surface area (TPSA) is 114 Å². The molecule has 2 aromatic rings. The summed E-state index contributed by atoms with van der Waals surface area (Å²) in [4.78, 5) is 35.5. The highest BCUT2D eigenvalue weighted by molar-refractivity contribution is 5.95. The molecule has 1 fully saturated rings. The van der Waals surface area contributed by atoms with Gasteiger partial charge in [0.25, 0.3) is 11.8 Å². The number of halogens is 1. The minimum atomic E-state index is -0.751. The van der Waals surface area contributed by atoms with Crippen LogP contribution >= 0.6 is 0 Å². The first kappa shape index (κ1) is 25.0. The Morgan fingerprint density at radius 1 is 0.941 bits per heavy atom. The Hall–Kier alpha value is -3.62. The molecule has 3 N–H and O–H groups in total. The van der Waals surface area contributed by atoms with Crippen LogP contribution in [0.15, 0.2) is 42.5 Å². The maximum Gasteiger partial charge on any atom is 0.306 e. The van der Waals surface area contributed by atoms with Gasteiger partial charge in [-0.3, -0.25) is 14.4 Å². The fourth-order valence-corrected chi connectivity index (χ4v) is 3.78. The number of carboxylic acid groups (broad SMARTS) is 1. The van der Waals surface area contributed by atoms with E-state index in [1.807, 2.05) is 0 Å². The SMILES string of the molecule is CCOc1ccc(C(=O)NCCNC(=O)c2ccc(O[C@H]3CC[C@@H](C(=O)O)CC3)cc2)cc1F. The van der Waals surface area contributed by atoms with Gasteiger partial charge in [0.15, 0.2) is 11.6 Å². The predicted octanol–water partition coefficient (Wildman–Crippen LogP) is 3.41. The molecule has 0 saturated heterocycles. The summed E-state index contributed by atoms with van der Waals surface area (Å²) < 4.78 is 24.9. The average molecular weight is 473 g/mol. The maximum absolute atomic E-state index is 13.9. The van der Waals surface area contributed by atoms with Gasteiger partial charge in [0, 0.05) is 24.2 Å². The quantitative estimate of drug-likeness (QED) is 0.457. The van der Waals surface area contributed by atoms with Crippen molar-refractivity contribution in [3.63, 3.8) is 0 Å². The Balaban J connectivity index is 1.39. The van der Waals surface area contributed by atoms with Gasteiger partial charge >= 0.3 is 5.97 Å². The fraction of sp³-hybridized carbons (Fsp3) is 0.400. The summed E-state index contributed by atoms with van der Waals surface area (Å²) in [5.41, 5.74) is 0.612. The van der Waals surface area contributed by atoms with Crippen molar-refractivity contribution in [1.82, 2.24) is 10.6 Å². The van der Waals surface area contributed by atoms with Crippen LogP contribution in [0.25, 0.3) is 0 Å². The molecule has 0 aliphatic heterocycles. The third-order valence-corrected chi connectivity index (χ3v) is 5.63. The molecule has 2 aromatic carbocycles. The van der Waals surface area contributed by atoms with Crippen molar-refractivity contribution in [2.45, 2.75) is 38.7 Å². The highest BCUT2D eigenvalue weighted by atomic mass is 19.1. The van der Waals surface area contributed by atoms with Crippen LogP contribution in [0.1, 0.15) is 53.3 Å². The molecule has 0 spiro atoms. The summed E-state index contributed by atoms with van der Waals surface area (Å²) >= 11 is 0. The molecule has 0 unspecified atom stereocenters. The van der Waals surface area contributed by atoms with E-state index >= 15 is 0 Å². The molecule has 0 radical (unpaired) electrons. The first-order valence-corrected chi connectivity index (χ1v) is 11.4. The van der Waals surface area contributed by atoms with Crippen molar-refractivity contribution in [2.75, 3.05) is 19.7 Å². The summed E-state index contributed by atoms with van der Waals surface area (Å²) in [6.07, 6.45) is 2.56. The Morgan fingerprint density at radius 3 is 2.09 bits per heavy atom. The lowest BCUT2D eigenvalue weighted by atomic mass is 9.87. The summed E-state index contributed by atoms with van der Waals surface area (Å²) in [7, 11) is 0. The van der Waals surface area contributed by atoms with Gasteiger partial charge in [-0.25, -0.2) is 4.39 Å². The zero-order valence-electron chi connectivity index (χ0n) is 19.0. The van der Waals surface area contributed by atoms with Crippen molar-refractivity contribution in [3.05, 3.63) is 59.4 Å². The summed E-state index contributed by atoms with van der Waals surface area (Å²) in [6, 6.07) is 10.7. The minimum Gasteiger partial charge on any atom is -0.491 e. The molecular formula is C25H29FN2O6. The van der Waals surface area contributed by atoms with Crippen molar-refractivity contribution < 1.29 is 33.4 Å². The number of hydrogen-bond acceptors (Lipinski definition) is 5. The molecular weight excluding hydrogens is 443 g/mol. The number of nitrogens with one attached hydrogen (secondary N) is 2. The van der Waals surface area contributed by atoms with Crippen LogP contribution in [0, 0.1) is 11.7 Å². The third kappa shape index (κ3) is 6.94. The Labute approximate surface area is 197 Å². The Morgan fingerprint density at radius 2 is 1.53 bits per heavy atom. The molecule has 1 aliphatic carbocycles. The van der Waals surface area contributed by atoms with E-state index in [4.69, 9.17) is 14.6 Å². The molecule has 34 heavy (non-hydrogen) atoms. The molecule has 1 saturated carbocycles. The molecule has 0 aromatic heterocycles. The minimum absolute atomic E-state index is 0.0252. The lowest BCUT2D eigenvalue weighted by molar-refractivity contribution is -0.143. The lowest BCUT2D eigenvalue weighted by Crippen LogP contribution is -2.34. The van der Waals surface area contributed by atoms with Crippen LogP contribution in [-0.4, -0.2) is 48.7 Å². The van der Waals surface area contributed by atoms with E-state index in [-0.39, 0.29) is 42.3 Å². The van der Waals surface area contributed by atoms with Gasteiger partial charge in [0.05, 0.1) is 18.6 Å². The maximum atomic E-state index is 13.9. The number of rotatable bonds is 10. The van der Waals surface area contributed by atoms with E-state index in [0.29, 0.717) is 43.6 Å². The number of aliphatic carboxylic acids is 1.